The van der Waals surface area contributed by atoms with Gasteiger partial charge in [-0.1, -0.05) is 109 Å². The van der Waals surface area contributed by atoms with Gasteiger partial charge in [-0.2, -0.15) is 0 Å². The number of nitrogens with zero attached hydrogens (tertiary/aromatic N) is 1. The number of ether oxygens (including phenoxy) is 1. The molecule has 1 N–H and O–H groups in total. The summed E-state index contributed by atoms with van der Waals surface area (Å²) in [7, 11) is 1.75. The van der Waals surface area contributed by atoms with Gasteiger partial charge in [0.05, 0.1) is 7.11 Å². The van der Waals surface area contributed by atoms with Crippen LogP contribution in [0.15, 0.2) is 115 Å². The summed E-state index contributed by atoms with van der Waals surface area (Å²) in [4.78, 5) is 2.70. The van der Waals surface area contributed by atoms with Crippen LogP contribution < -0.4 is 10.1 Å². The summed E-state index contributed by atoms with van der Waals surface area (Å²) in [5.41, 5.74) is 5.62. The molecule has 1 heterocycles. The van der Waals surface area contributed by atoms with E-state index in [1.54, 1.807) is 7.11 Å². The fourth-order valence-electron chi connectivity index (χ4n) is 6.79. The van der Waals surface area contributed by atoms with Crippen LogP contribution >= 0.6 is 0 Å². The Bertz CT molecular complexity index is 1240. The Hall–Kier alpha value is -3.40. The van der Waals surface area contributed by atoms with Crippen molar-refractivity contribution in [2.45, 2.75) is 56.4 Å². The summed E-state index contributed by atoms with van der Waals surface area (Å²) in [6.07, 6.45) is 7.13. The minimum absolute atomic E-state index is 0.0109. The van der Waals surface area contributed by atoms with Crippen molar-refractivity contribution >= 4 is 0 Å². The van der Waals surface area contributed by atoms with Crippen LogP contribution in [0, 0.1) is 0 Å². The summed E-state index contributed by atoms with van der Waals surface area (Å²) >= 11 is 0. The van der Waals surface area contributed by atoms with Gasteiger partial charge in [0, 0.05) is 17.5 Å². The van der Waals surface area contributed by atoms with Gasteiger partial charge in [0.25, 0.3) is 0 Å². The third kappa shape index (κ3) is 7.67. The summed E-state index contributed by atoms with van der Waals surface area (Å²) in [5.74, 6) is 1.67. The lowest BCUT2D eigenvalue weighted by Crippen LogP contribution is -2.35. The minimum atomic E-state index is 0.0109. The maximum atomic E-state index is 5.55. The molecule has 0 saturated carbocycles. The predicted octanol–water partition coefficient (Wildman–Crippen LogP) is 8.21. The Labute approximate surface area is 247 Å². The monoisotopic (exact) mass is 546 g/mol. The third-order valence-corrected chi connectivity index (χ3v) is 9.05. The van der Waals surface area contributed by atoms with E-state index in [9.17, 15) is 0 Å². The van der Waals surface area contributed by atoms with Crippen LogP contribution in [0.25, 0.3) is 0 Å². The number of rotatable bonds is 14. The second kappa shape index (κ2) is 15.0. The number of benzene rings is 4. The van der Waals surface area contributed by atoms with Crippen molar-refractivity contribution in [2.24, 2.45) is 0 Å². The van der Waals surface area contributed by atoms with Crippen molar-refractivity contribution in [3.63, 3.8) is 0 Å². The van der Waals surface area contributed by atoms with Crippen LogP contribution in [0.2, 0.25) is 0 Å². The average molecular weight is 547 g/mol. The highest BCUT2D eigenvalue weighted by atomic mass is 16.5. The lowest BCUT2D eigenvalue weighted by atomic mass is 9.68. The van der Waals surface area contributed by atoms with Crippen LogP contribution in [0.5, 0.6) is 5.75 Å². The van der Waals surface area contributed by atoms with Gasteiger partial charge in [0.15, 0.2) is 0 Å². The Morgan fingerprint density at radius 3 is 1.90 bits per heavy atom. The summed E-state index contributed by atoms with van der Waals surface area (Å²) in [6.45, 7) is 5.39. The van der Waals surface area contributed by atoms with Gasteiger partial charge in [-0.25, -0.2) is 0 Å². The zero-order chi connectivity index (χ0) is 28.2. The van der Waals surface area contributed by atoms with Gasteiger partial charge < -0.3 is 15.0 Å². The molecule has 1 saturated heterocycles. The first-order chi connectivity index (χ1) is 20.3. The summed E-state index contributed by atoms with van der Waals surface area (Å²) in [6, 6.07) is 41.9. The molecule has 0 radical (unpaired) electrons. The Morgan fingerprint density at radius 2 is 1.27 bits per heavy atom. The van der Waals surface area contributed by atoms with E-state index in [4.69, 9.17) is 4.74 Å². The van der Waals surface area contributed by atoms with Crippen LogP contribution in [0.3, 0.4) is 0 Å². The number of hydrogen-bond donors (Lipinski definition) is 1. The van der Waals surface area contributed by atoms with E-state index < -0.39 is 0 Å². The van der Waals surface area contributed by atoms with Crippen LogP contribution in [-0.2, 0) is 12.0 Å². The van der Waals surface area contributed by atoms with Crippen molar-refractivity contribution in [1.29, 1.82) is 0 Å². The van der Waals surface area contributed by atoms with E-state index in [0.29, 0.717) is 5.92 Å². The number of nitrogens with one attached hydrogen (secondary N) is 1. The quantitative estimate of drug-likeness (QED) is 0.161. The summed E-state index contributed by atoms with van der Waals surface area (Å²) in [5, 5.41) is 3.69. The van der Waals surface area contributed by atoms with Crippen molar-refractivity contribution in [3.05, 3.63) is 138 Å². The first-order valence-electron chi connectivity index (χ1n) is 15.5. The SMILES string of the molecule is COc1ccccc1CNCCCC(CCCN1CCC(c2ccccc2)CC1)(c1ccccc1)c1ccccc1. The molecule has 0 bridgehead atoms. The molecule has 5 rings (SSSR count). The molecular formula is C38H46N2O. The van der Waals surface area contributed by atoms with Crippen molar-refractivity contribution in [1.82, 2.24) is 10.2 Å². The van der Waals surface area contributed by atoms with Crippen LogP contribution in [0.4, 0.5) is 0 Å². The molecule has 0 aliphatic carbocycles. The molecule has 214 valence electrons. The molecule has 4 aromatic rings. The first kappa shape index (κ1) is 29.1. The Balaban J connectivity index is 1.23. The molecular weight excluding hydrogens is 500 g/mol. The molecule has 0 aromatic heterocycles. The Morgan fingerprint density at radius 1 is 0.707 bits per heavy atom. The molecule has 4 aromatic carbocycles. The van der Waals surface area contributed by atoms with Crippen molar-refractivity contribution < 1.29 is 4.74 Å². The highest BCUT2D eigenvalue weighted by molar-refractivity contribution is 5.39. The highest BCUT2D eigenvalue weighted by Gasteiger charge is 2.33. The molecule has 0 atom stereocenters. The maximum Gasteiger partial charge on any atom is 0.123 e. The standard InChI is InChI=1S/C38H46N2O/c1-41-37-22-12-11-17-34(37)31-39-27-13-25-38(35-18-7-3-8-19-35,36-20-9-4-10-21-36)26-14-28-40-29-23-33(24-30-40)32-15-5-2-6-16-32/h2-12,15-22,33,39H,13-14,23-31H2,1H3. The molecule has 0 spiro atoms. The van der Waals surface area contributed by atoms with E-state index in [1.165, 1.54) is 61.2 Å². The number of piperidine rings is 1. The zero-order valence-corrected chi connectivity index (χ0v) is 24.7. The fraction of sp³-hybridized carbons (Fsp3) is 0.368. The maximum absolute atomic E-state index is 5.55. The van der Waals surface area contributed by atoms with Crippen LogP contribution in [-0.4, -0.2) is 38.2 Å². The molecule has 1 aliphatic rings. The first-order valence-corrected chi connectivity index (χ1v) is 15.5. The average Bonchev–Trinajstić information content (AvgIpc) is 3.05. The lowest BCUT2D eigenvalue weighted by molar-refractivity contribution is 0.203. The summed E-state index contributed by atoms with van der Waals surface area (Å²) < 4.78 is 5.55. The predicted molar refractivity (Wildman–Crippen MR) is 172 cm³/mol. The number of likely N-dealkylation sites (tertiary alicyclic amines) is 1. The molecule has 41 heavy (non-hydrogen) atoms. The van der Waals surface area contributed by atoms with E-state index in [1.807, 2.05) is 12.1 Å². The largest absolute Gasteiger partial charge is 0.496 e. The van der Waals surface area contributed by atoms with E-state index >= 15 is 0 Å². The smallest absolute Gasteiger partial charge is 0.123 e. The molecule has 3 heteroatoms. The van der Waals surface area contributed by atoms with Gasteiger partial charge in [0.1, 0.15) is 5.75 Å². The topological polar surface area (TPSA) is 24.5 Å². The second-order valence-electron chi connectivity index (χ2n) is 11.5. The van der Waals surface area contributed by atoms with Crippen molar-refractivity contribution in [2.75, 3.05) is 33.3 Å². The Kier molecular flexibility index (Phi) is 10.7. The minimum Gasteiger partial charge on any atom is -0.496 e. The van der Waals surface area contributed by atoms with E-state index in [0.717, 1.165) is 38.1 Å². The molecule has 0 unspecified atom stereocenters. The van der Waals surface area contributed by atoms with E-state index in [-0.39, 0.29) is 5.41 Å². The number of methoxy groups -OCH3 is 1. The van der Waals surface area contributed by atoms with Gasteiger partial charge in [0.2, 0.25) is 0 Å². The molecule has 1 fully saturated rings. The lowest BCUT2D eigenvalue weighted by Gasteiger charge is -2.37. The zero-order valence-electron chi connectivity index (χ0n) is 24.7. The van der Waals surface area contributed by atoms with Crippen molar-refractivity contribution in [3.8, 4) is 5.75 Å². The van der Waals surface area contributed by atoms with Crippen LogP contribution in [0.1, 0.15) is 66.7 Å². The van der Waals surface area contributed by atoms with Gasteiger partial charge in [-0.05, 0) is 93.4 Å². The molecule has 1 aliphatic heterocycles. The second-order valence-corrected chi connectivity index (χ2v) is 11.5. The van der Waals surface area contributed by atoms with Gasteiger partial charge >= 0.3 is 0 Å². The van der Waals surface area contributed by atoms with Gasteiger partial charge in [-0.15, -0.1) is 0 Å². The fourth-order valence-corrected chi connectivity index (χ4v) is 6.79. The normalized spacial score (nSPS) is 14.7. The third-order valence-electron chi connectivity index (χ3n) is 9.05. The highest BCUT2D eigenvalue weighted by Crippen LogP contribution is 2.41. The van der Waals surface area contributed by atoms with Gasteiger partial charge in [-0.3, -0.25) is 0 Å². The van der Waals surface area contributed by atoms with E-state index in [2.05, 4.69) is 113 Å². The molecule has 0 amide bonds. The number of hydrogen-bond acceptors (Lipinski definition) is 3. The number of para-hydroxylation sites is 1. The molecule has 3 nitrogen and oxygen atoms in total.